The van der Waals surface area contributed by atoms with Gasteiger partial charge in [0.15, 0.2) is 0 Å². The topological polar surface area (TPSA) is 121 Å². The van der Waals surface area contributed by atoms with Gasteiger partial charge in [0.1, 0.15) is 0 Å². The van der Waals surface area contributed by atoms with Crippen molar-refractivity contribution in [1.82, 2.24) is 0 Å². The standard InChI is InChI=1S/C12H16N2O5S/c1-12(17)4-5-14(7-12)10-3-2-8(20(13,18)19)6-9(10)11(15)16/h2-3,6,17H,4-5,7H2,1H3,(H,15,16)(H2,13,18,19). The maximum absolute atomic E-state index is 11.3. The van der Waals surface area contributed by atoms with Gasteiger partial charge in [-0.3, -0.25) is 0 Å². The first-order valence-electron chi connectivity index (χ1n) is 5.98. The molecule has 0 amide bonds. The van der Waals surface area contributed by atoms with E-state index >= 15 is 0 Å². The Morgan fingerprint density at radius 3 is 2.55 bits per heavy atom. The number of hydrogen-bond donors (Lipinski definition) is 3. The highest BCUT2D eigenvalue weighted by molar-refractivity contribution is 7.89. The van der Waals surface area contributed by atoms with E-state index in [1.165, 1.54) is 12.1 Å². The molecule has 2 rings (SSSR count). The first kappa shape index (κ1) is 14.8. The molecule has 7 nitrogen and oxygen atoms in total. The second kappa shape index (κ2) is 4.72. The molecule has 0 aliphatic carbocycles. The molecule has 1 unspecified atom stereocenters. The summed E-state index contributed by atoms with van der Waals surface area (Å²) in [5.41, 5.74) is -0.647. The third kappa shape index (κ3) is 2.92. The fraction of sp³-hybridized carbons (Fsp3) is 0.417. The van der Waals surface area contributed by atoms with Crippen molar-refractivity contribution in [2.24, 2.45) is 5.14 Å². The molecular weight excluding hydrogens is 284 g/mol. The molecule has 1 aliphatic rings. The number of hydrogen-bond acceptors (Lipinski definition) is 5. The fourth-order valence-corrected chi connectivity index (χ4v) is 2.83. The van der Waals surface area contributed by atoms with Crippen molar-refractivity contribution in [3.63, 3.8) is 0 Å². The predicted molar refractivity (Wildman–Crippen MR) is 72.2 cm³/mol. The van der Waals surface area contributed by atoms with E-state index in [-0.39, 0.29) is 10.5 Å². The van der Waals surface area contributed by atoms with E-state index in [1.807, 2.05) is 0 Å². The second-order valence-electron chi connectivity index (χ2n) is 5.20. The number of anilines is 1. The van der Waals surface area contributed by atoms with Crippen molar-refractivity contribution < 1.29 is 23.4 Å². The molecule has 1 fully saturated rings. The molecule has 1 aromatic carbocycles. The monoisotopic (exact) mass is 300 g/mol. The number of carboxylic acids is 1. The fourth-order valence-electron chi connectivity index (χ4n) is 2.29. The molecule has 110 valence electrons. The van der Waals surface area contributed by atoms with Crippen molar-refractivity contribution in [2.45, 2.75) is 23.8 Å². The van der Waals surface area contributed by atoms with Gasteiger partial charge in [0.05, 0.1) is 21.7 Å². The number of nitrogens with zero attached hydrogens (tertiary/aromatic N) is 1. The highest BCUT2D eigenvalue weighted by atomic mass is 32.2. The lowest BCUT2D eigenvalue weighted by atomic mass is 10.1. The molecule has 0 radical (unpaired) electrons. The number of primary sulfonamides is 1. The smallest absolute Gasteiger partial charge is 0.337 e. The molecule has 1 aliphatic heterocycles. The third-order valence-corrected chi connectivity index (χ3v) is 4.23. The van der Waals surface area contributed by atoms with Gasteiger partial charge in [-0.1, -0.05) is 0 Å². The minimum atomic E-state index is -3.95. The summed E-state index contributed by atoms with van der Waals surface area (Å²) in [7, 11) is -3.95. The Hall–Kier alpha value is -1.64. The van der Waals surface area contributed by atoms with Gasteiger partial charge in [0.2, 0.25) is 10.0 Å². The van der Waals surface area contributed by atoms with Crippen molar-refractivity contribution in [2.75, 3.05) is 18.0 Å². The van der Waals surface area contributed by atoms with Crippen molar-refractivity contribution in [3.05, 3.63) is 23.8 Å². The lowest BCUT2D eigenvalue weighted by molar-refractivity contribution is 0.0695. The van der Waals surface area contributed by atoms with Crippen LogP contribution in [0.15, 0.2) is 23.1 Å². The summed E-state index contributed by atoms with van der Waals surface area (Å²) in [4.78, 5) is 12.8. The molecule has 1 saturated heterocycles. The van der Waals surface area contributed by atoms with Gasteiger partial charge in [-0.15, -0.1) is 0 Å². The van der Waals surface area contributed by atoms with Gasteiger partial charge in [-0.25, -0.2) is 18.4 Å². The summed E-state index contributed by atoms with van der Waals surface area (Å²) < 4.78 is 22.5. The Balaban J connectivity index is 2.47. The Labute approximate surface area is 116 Å². The molecule has 8 heteroatoms. The molecular formula is C12H16N2O5S. The largest absolute Gasteiger partial charge is 0.478 e. The average molecular weight is 300 g/mol. The zero-order valence-corrected chi connectivity index (χ0v) is 11.7. The van der Waals surface area contributed by atoms with Crippen LogP contribution in [0.3, 0.4) is 0 Å². The van der Waals surface area contributed by atoms with E-state index in [4.69, 9.17) is 5.14 Å². The highest BCUT2D eigenvalue weighted by Crippen LogP contribution is 2.30. The van der Waals surface area contributed by atoms with E-state index in [1.54, 1.807) is 11.8 Å². The SMILES string of the molecule is CC1(O)CCN(c2ccc(S(N)(=O)=O)cc2C(=O)O)C1. The average Bonchev–Trinajstić information content (AvgIpc) is 2.67. The first-order chi connectivity index (χ1) is 9.10. The Bertz CT molecular complexity index is 654. The van der Waals surface area contributed by atoms with Crippen molar-refractivity contribution >= 4 is 21.7 Å². The zero-order chi connectivity index (χ0) is 15.1. The normalized spacial score (nSPS) is 23.1. The van der Waals surface area contributed by atoms with E-state index in [0.717, 1.165) is 6.07 Å². The molecule has 0 saturated carbocycles. The maximum atomic E-state index is 11.3. The van der Waals surface area contributed by atoms with Crippen LogP contribution < -0.4 is 10.0 Å². The molecule has 20 heavy (non-hydrogen) atoms. The Kier molecular flexibility index (Phi) is 3.49. The van der Waals surface area contributed by atoms with Crippen LogP contribution in [0.1, 0.15) is 23.7 Å². The van der Waals surface area contributed by atoms with Crippen LogP contribution in [0.5, 0.6) is 0 Å². The van der Waals surface area contributed by atoms with Gasteiger partial charge in [-0.2, -0.15) is 0 Å². The molecule has 0 aromatic heterocycles. The Morgan fingerprint density at radius 1 is 1.45 bits per heavy atom. The van der Waals surface area contributed by atoms with Crippen LogP contribution in [0.4, 0.5) is 5.69 Å². The van der Waals surface area contributed by atoms with Crippen LogP contribution in [0.2, 0.25) is 0 Å². The van der Waals surface area contributed by atoms with Crippen LogP contribution in [-0.2, 0) is 10.0 Å². The summed E-state index contributed by atoms with van der Waals surface area (Å²) in [5.74, 6) is -1.24. The summed E-state index contributed by atoms with van der Waals surface area (Å²) in [6, 6.07) is 3.72. The molecule has 1 atom stereocenters. The number of carboxylic acid groups (broad SMARTS) is 1. The van der Waals surface area contributed by atoms with Crippen LogP contribution in [0, 0.1) is 0 Å². The maximum Gasteiger partial charge on any atom is 0.337 e. The minimum Gasteiger partial charge on any atom is -0.478 e. The van der Waals surface area contributed by atoms with E-state index in [9.17, 15) is 23.4 Å². The quantitative estimate of drug-likeness (QED) is 0.722. The lowest BCUT2D eigenvalue weighted by Gasteiger charge is -2.22. The summed E-state index contributed by atoms with van der Waals surface area (Å²) in [6.07, 6.45) is 0.517. The molecule has 1 heterocycles. The number of carbonyl (C=O) groups is 1. The van der Waals surface area contributed by atoms with Crippen molar-refractivity contribution in [1.29, 1.82) is 0 Å². The number of benzene rings is 1. The molecule has 1 aromatic rings. The van der Waals surface area contributed by atoms with Gasteiger partial charge < -0.3 is 15.1 Å². The number of aliphatic hydroxyl groups is 1. The minimum absolute atomic E-state index is 0.144. The third-order valence-electron chi connectivity index (χ3n) is 3.32. The summed E-state index contributed by atoms with van der Waals surface area (Å²) >= 11 is 0. The molecule has 0 spiro atoms. The van der Waals surface area contributed by atoms with Gasteiger partial charge >= 0.3 is 5.97 Å². The van der Waals surface area contributed by atoms with Gasteiger partial charge in [0.25, 0.3) is 0 Å². The predicted octanol–water partition coefficient (Wildman–Crippen LogP) is -0.00670. The Morgan fingerprint density at radius 2 is 2.10 bits per heavy atom. The van der Waals surface area contributed by atoms with Crippen LogP contribution in [0.25, 0.3) is 0 Å². The van der Waals surface area contributed by atoms with Crippen molar-refractivity contribution in [3.8, 4) is 0 Å². The highest BCUT2D eigenvalue weighted by Gasteiger charge is 2.33. The molecule has 0 bridgehead atoms. The number of aromatic carboxylic acids is 1. The van der Waals surface area contributed by atoms with E-state index in [0.29, 0.717) is 25.2 Å². The second-order valence-corrected chi connectivity index (χ2v) is 6.76. The van der Waals surface area contributed by atoms with E-state index < -0.39 is 21.6 Å². The van der Waals surface area contributed by atoms with E-state index in [2.05, 4.69) is 0 Å². The number of rotatable bonds is 3. The first-order valence-corrected chi connectivity index (χ1v) is 7.52. The number of nitrogens with two attached hydrogens (primary N) is 1. The van der Waals surface area contributed by atoms with Gasteiger partial charge in [0, 0.05) is 13.1 Å². The lowest BCUT2D eigenvalue weighted by Crippen LogP contribution is -2.30. The van der Waals surface area contributed by atoms with Gasteiger partial charge in [-0.05, 0) is 31.5 Å². The molecule has 4 N–H and O–H groups in total. The summed E-state index contributed by atoms with van der Waals surface area (Å²) in [5, 5.41) is 24.2. The zero-order valence-electron chi connectivity index (χ0n) is 10.9. The summed E-state index contributed by atoms with van der Waals surface area (Å²) in [6.45, 7) is 2.47. The van der Waals surface area contributed by atoms with Crippen LogP contribution in [-0.4, -0.2) is 43.3 Å². The number of β-amino-alcohol motifs (C(OH)–C–C–N with tert-alkyl or cyclic N) is 1. The number of sulfonamides is 1. The van der Waals surface area contributed by atoms with Crippen LogP contribution >= 0.6 is 0 Å².